The molecule has 1 heteroatoms. The zero-order valence-corrected chi connectivity index (χ0v) is 16.9. The van der Waals surface area contributed by atoms with Gasteiger partial charge in [0.15, 0.2) is 0 Å². The van der Waals surface area contributed by atoms with Gasteiger partial charge in [0.05, 0.1) is 5.41 Å². The van der Waals surface area contributed by atoms with E-state index < -0.39 is 10.8 Å². The highest BCUT2D eigenvalue weighted by molar-refractivity contribution is 6.00. The first-order valence-corrected chi connectivity index (χ1v) is 10.6. The molecule has 30 heavy (non-hydrogen) atoms. The lowest BCUT2D eigenvalue weighted by atomic mass is 9.53. The summed E-state index contributed by atoms with van der Waals surface area (Å²) in [5.74, 6) is 0.285. The molecule has 1 fully saturated rings. The lowest BCUT2D eigenvalue weighted by Gasteiger charge is -2.47. The summed E-state index contributed by atoms with van der Waals surface area (Å²) in [7, 11) is 0. The summed E-state index contributed by atoms with van der Waals surface area (Å²) in [6, 6.07) is 41.9. The first kappa shape index (κ1) is 18.6. The van der Waals surface area contributed by atoms with Gasteiger partial charge in [0.2, 0.25) is 0 Å². The second kappa shape index (κ2) is 7.42. The van der Waals surface area contributed by atoms with E-state index in [0.29, 0.717) is 6.42 Å². The molecule has 1 nitrogen and oxygen atoms in total. The van der Waals surface area contributed by atoms with E-state index in [1.54, 1.807) is 0 Å². The molecule has 0 atom stereocenters. The molecule has 1 aliphatic rings. The van der Waals surface area contributed by atoms with E-state index in [2.05, 4.69) is 72.8 Å². The average molecular weight is 389 g/mol. The molecule has 5 rings (SSSR count). The summed E-state index contributed by atoms with van der Waals surface area (Å²) in [4.78, 5) is 14.1. The lowest BCUT2D eigenvalue weighted by Crippen LogP contribution is -2.50. The molecule has 4 aromatic rings. The Morgan fingerprint density at radius 3 is 1.17 bits per heavy atom. The topological polar surface area (TPSA) is 17.1 Å². The van der Waals surface area contributed by atoms with Gasteiger partial charge in [-0.1, -0.05) is 121 Å². The Hall–Kier alpha value is -3.45. The molecule has 0 radical (unpaired) electrons. The van der Waals surface area contributed by atoms with Gasteiger partial charge >= 0.3 is 0 Å². The molecule has 0 aliphatic heterocycles. The van der Waals surface area contributed by atoms with Crippen LogP contribution >= 0.6 is 0 Å². The van der Waals surface area contributed by atoms with Crippen molar-refractivity contribution >= 4 is 5.78 Å². The molecule has 146 valence electrons. The van der Waals surface area contributed by atoms with Crippen LogP contribution in [0.2, 0.25) is 0 Å². The maximum absolute atomic E-state index is 14.1. The van der Waals surface area contributed by atoms with Crippen molar-refractivity contribution in [3.05, 3.63) is 144 Å². The summed E-state index contributed by atoms with van der Waals surface area (Å²) >= 11 is 0. The van der Waals surface area contributed by atoms with Gasteiger partial charge in [-0.3, -0.25) is 4.79 Å². The lowest BCUT2D eigenvalue weighted by molar-refractivity contribution is -0.121. The van der Waals surface area contributed by atoms with E-state index in [0.717, 1.165) is 17.5 Å². The molecule has 0 spiro atoms. The molecule has 0 aromatic heterocycles. The Morgan fingerprint density at radius 2 is 0.800 bits per heavy atom. The summed E-state index contributed by atoms with van der Waals surface area (Å²) in [6.45, 7) is 0. The minimum atomic E-state index is -0.780. The molecule has 0 N–H and O–H groups in total. The van der Waals surface area contributed by atoms with Gasteiger partial charge < -0.3 is 0 Å². The number of ketones is 1. The third-order valence-electron chi connectivity index (χ3n) is 6.73. The van der Waals surface area contributed by atoms with E-state index in [1.165, 1.54) is 11.1 Å². The maximum Gasteiger partial charge on any atom is 0.149 e. The number of benzene rings is 4. The Labute approximate surface area is 178 Å². The monoisotopic (exact) mass is 388 g/mol. The molecular weight excluding hydrogens is 364 g/mol. The zero-order chi connectivity index (χ0) is 20.4. The smallest absolute Gasteiger partial charge is 0.149 e. The van der Waals surface area contributed by atoms with Gasteiger partial charge in [0, 0.05) is 11.8 Å². The van der Waals surface area contributed by atoms with Crippen LogP contribution in [0.25, 0.3) is 0 Å². The molecule has 1 saturated carbocycles. The number of carbonyl (C=O) groups excluding carboxylic acids is 1. The van der Waals surface area contributed by atoms with Crippen molar-refractivity contribution in [2.24, 2.45) is 0 Å². The largest absolute Gasteiger partial charge is 0.298 e. The van der Waals surface area contributed by atoms with Gasteiger partial charge in [0.1, 0.15) is 5.78 Å². The Kier molecular flexibility index (Phi) is 4.59. The van der Waals surface area contributed by atoms with Crippen molar-refractivity contribution in [3.63, 3.8) is 0 Å². The van der Waals surface area contributed by atoms with Crippen molar-refractivity contribution < 1.29 is 4.79 Å². The first-order valence-electron chi connectivity index (χ1n) is 10.6. The normalized spacial score (nSPS) is 17.0. The second-order valence-corrected chi connectivity index (χ2v) is 8.04. The average Bonchev–Trinajstić information content (AvgIpc) is 3.16. The fourth-order valence-electron chi connectivity index (χ4n) is 5.61. The van der Waals surface area contributed by atoms with Crippen LogP contribution in [0.5, 0.6) is 0 Å². The highest BCUT2D eigenvalue weighted by Crippen LogP contribution is 2.60. The molecular formula is C29H24O. The summed E-state index contributed by atoms with van der Waals surface area (Å²) in [5.41, 5.74) is 3.25. The van der Waals surface area contributed by atoms with Crippen molar-refractivity contribution in [1.29, 1.82) is 0 Å². The van der Waals surface area contributed by atoms with Crippen molar-refractivity contribution in [3.8, 4) is 0 Å². The molecule has 1 aliphatic carbocycles. The van der Waals surface area contributed by atoms with E-state index >= 15 is 0 Å². The van der Waals surface area contributed by atoms with Gasteiger partial charge in [-0.25, -0.2) is 0 Å². The molecule has 4 aromatic carbocycles. The Balaban J connectivity index is 1.96. The Bertz CT molecular complexity index is 1050. The number of Topliss-reactive ketones (excluding diaryl/α,β-unsaturated/α-hetero) is 1. The highest BCUT2D eigenvalue weighted by atomic mass is 16.1. The third kappa shape index (κ3) is 2.52. The van der Waals surface area contributed by atoms with Crippen molar-refractivity contribution in [2.75, 3.05) is 0 Å². The van der Waals surface area contributed by atoms with E-state index in [-0.39, 0.29) is 5.78 Å². The van der Waals surface area contributed by atoms with Crippen LogP contribution in [-0.4, -0.2) is 5.78 Å². The summed E-state index contributed by atoms with van der Waals surface area (Å²) < 4.78 is 0. The zero-order valence-electron chi connectivity index (χ0n) is 16.9. The summed E-state index contributed by atoms with van der Waals surface area (Å²) in [6.07, 6.45) is 1.33. The van der Waals surface area contributed by atoms with Gasteiger partial charge in [-0.05, 0) is 28.7 Å². The Morgan fingerprint density at radius 1 is 0.467 bits per heavy atom. The van der Waals surface area contributed by atoms with E-state index in [9.17, 15) is 4.79 Å². The standard InChI is InChI=1S/C29H24O/c30-27-21-22-28(23-13-5-1-6-14-23,24-15-7-2-8-16-24)29(27,25-17-9-3-10-18-25)26-19-11-4-12-20-26/h1-20H,21-22H2. The first-order chi connectivity index (χ1) is 14.8. The summed E-state index contributed by atoms with van der Waals surface area (Å²) in [5, 5.41) is 0. The number of carbonyl (C=O) groups is 1. The molecule has 0 heterocycles. The fraction of sp³-hybridized carbons (Fsp3) is 0.138. The van der Waals surface area contributed by atoms with Crippen LogP contribution in [0.4, 0.5) is 0 Å². The van der Waals surface area contributed by atoms with Crippen molar-refractivity contribution in [2.45, 2.75) is 23.7 Å². The molecule has 0 unspecified atom stereocenters. The predicted octanol–water partition coefficient (Wildman–Crippen LogP) is 6.32. The second-order valence-electron chi connectivity index (χ2n) is 8.04. The van der Waals surface area contributed by atoms with Crippen molar-refractivity contribution in [1.82, 2.24) is 0 Å². The van der Waals surface area contributed by atoms with Crippen LogP contribution in [0.1, 0.15) is 35.1 Å². The highest BCUT2D eigenvalue weighted by Gasteiger charge is 2.63. The number of rotatable bonds is 4. The minimum absolute atomic E-state index is 0.285. The van der Waals surface area contributed by atoms with Crippen LogP contribution in [0, 0.1) is 0 Å². The predicted molar refractivity (Wildman–Crippen MR) is 122 cm³/mol. The maximum atomic E-state index is 14.1. The fourth-order valence-corrected chi connectivity index (χ4v) is 5.61. The molecule has 0 amide bonds. The minimum Gasteiger partial charge on any atom is -0.298 e. The number of hydrogen-bond acceptors (Lipinski definition) is 1. The van der Waals surface area contributed by atoms with E-state index in [1.807, 2.05) is 48.5 Å². The SMILES string of the molecule is O=C1CCC(c2ccccc2)(c2ccccc2)C1(c1ccccc1)c1ccccc1. The van der Waals surface area contributed by atoms with Gasteiger partial charge in [-0.2, -0.15) is 0 Å². The van der Waals surface area contributed by atoms with Crippen LogP contribution in [0.15, 0.2) is 121 Å². The quantitative estimate of drug-likeness (QED) is 0.400. The molecule has 0 saturated heterocycles. The van der Waals surface area contributed by atoms with Gasteiger partial charge in [-0.15, -0.1) is 0 Å². The third-order valence-corrected chi connectivity index (χ3v) is 6.73. The van der Waals surface area contributed by atoms with Gasteiger partial charge in [0.25, 0.3) is 0 Å². The van der Waals surface area contributed by atoms with Crippen LogP contribution in [-0.2, 0) is 15.6 Å². The van der Waals surface area contributed by atoms with Crippen LogP contribution in [0.3, 0.4) is 0 Å². The molecule has 0 bridgehead atoms. The van der Waals surface area contributed by atoms with E-state index in [4.69, 9.17) is 0 Å². The number of hydrogen-bond donors (Lipinski definition) is 0. The van der Waals surface area contributed by atoms with Crippen LogP contribution < -0.4 is 0 Å².